The first-order chi connectivity index (χ1) is 13.2. The Balaban J connectivity index is 1.51. The van der Waals surface area contributed by atoms with Gasteiger partial charge in [-0.2, -0.15) is 0 Å². The van der Waals surface area contributed by atoms with Crippen LogP contribution in [0.2, 0.25) is 0 Å². The maximum atomic E-state index is 9.24. The average Bonchev–Trinajstić information content (AvgIpc) is 2.98. The van der Waals surface area contributed by atoms with E-state index in [2.05, 4.69) is 32.1 Å². The lowest BCUT2D eigenvalue weighted by Crippen LogP contribution is -2.11. The van der Waals surface area contributed by atoms with Crippen LogP contribution >= 0.6 is 0 Å². The number of anilines is 1. The van der Waals surface area contributed by atoms with Gasteiger partial charge in [0.05, 0.1) is 12.3 Å². The predicted molar refractivity (Wildman–Crippen MR) is 106 cm³/mol. The van der Waals surface area contributed by atoms with E-state index < -0.39 is 0 Å². The van der Waals surface area contributed by atoms with Crippen LogP contribution in [0.25, 0.3) is 10.9 Å². The number of aryl methyl sites for hydroxylation is 4. The standard InChI is InChI=1S/C21H26N4O2/c1-14-12-15(2)23-21(22-14)27-11-5-10-25-19-7-4-3-6-17(19)18-13-16(24-26)8-9-20(18)25/h8-9,12-13,24,26H,3-7,10-11H2,1-2H3. The van der Waals surface area contributed by atoms with E-state index in [-0.39, 0.29) is 0 Å². The molecule has 0 unspecified atom stereocenters. The van der Waals surface area contributed by atoms with E-state index >= 15 is 0 Å². The van der Waals surface area contributed by atoms with Crippen molar-refractivity contribution in [2.45, 2.75) is 52.5 Å². The molecule has 2 N–H and O–H groups in total. The minimum atomic E-state index is 0.463. The molecule has 0 aliphatic heterocycles. The molecule has 6 nitrogen and oxygen atoms in total. The molecule has 0 fully saturated rings. The van der Waals surface area contributed by atoms with Gasteiger partial charge in [-0.25, -0.2) is 9.97 Å². The topological polar surface area (TPSA) is 72.2 Å². The number of fused-ring (bicyclic) bond motifs is 3. The highest BCUT2D eigenvalue weighted by Gasteiger charge is 2.20. The van der Waals surface area contributed by atoms with Crippen molar-refractivity contribution in [3.63, 3.8) is 0 Å². The van der Waals surface area contributed by atoms with Gasteiger partial charge in [-0.15, -0.1) is 0 Å². The fourth-order valence-electron chi connectivity index (χ4n) is 4.11. The van der Waals surface area contributed by atoms with Crippen molar-refractivity contribution in [2.75, 3.05) is 12.1 Å². The lowest BCUT2D eigenvalue weighted by Gasteiger charge is -2.16. The number of aromatic nitrogens is 3. The van der Waals surface area contributed by atoms with E-state index in [1.165, 1.54) is 35.0 Å². The van der Waals surface area contributed by atoms with E-state index in [4.69, 9.17) is 4.74 Å². The third kappa shape index (κ3) is 3.62. The molecular weight excluding hydrogens is 340 g/mol. The van der Waals surface area contributed by atoms with Gasteiger partial charge in [0.2, 0.25) is 0 Å². The second-order valence-electron chi connectivity index (χ2n) is 7.26. The molecule has 2 heterocycles. The summed E-state index contributed by atoms with van der Waals surface area (Å²) in [5.41, 5.74) is 8.98. The smallest absolute Gasteiger partial charge is 0.316 e. The molecule has 0 spiro atoms. The van der Waals surface area contributed by atoms with Crippen molar-refractivity contribution in [3.8, 4) is 6.01 Å². The molecule has 142 valence electrons. The fourth-order valence-corrected chi connectivity index (χ4v) is 4.11. The molecular formula is C21H26N4O2. The number of rotatable bonds is 6. The molecule has 0 atom stereocenters. The molecule has 1 aliphatic carbocycles. The number of nitrogens with one attached hydrogen (secondary N) is 1. The highest BCUT2D eigenvalue weighted by molar-refractivity contribution is 5.88. The summed E-state index contributed by atoms with van der Waals surface area (Å²) < 4.78 is 8.21. The van der Waals surface area contributed by atoms with Crippen LogP contribution < -0.4 is 10.2 Å². The number of nitrogens with zero attached hydrogens (tertiary/aromatic N) is 3. The molecule has 6 heteroatoms. The van der Waals surface area contributed by atoms with Gasteiger partial charge in [0, 0.05) is 34.5 Å². The van der Waals surface area contributed by atoms with Crippen molar-refractivity contribution < 1.29 is 9.94 Å². The molecule has 0 saturated carbocycles. The van der Waals surface area contributed by atoms with Crippen LogP contribution in [-0.2, 0) is 19.4 Å². The van der Waals surface area contributed by atoms with E-state index in [0.717, 1.165) is 42.9 Å². The summed E-state index contributed by atoms with van der Waals surface area (Å²) in [4.78, 5) is 8.67. The van der Waals surface area contributed by atoms with Gasteiger partial charge in [-0.3, -0.25) is 10.7 Å². The molecule has 0 amide bonds. The molecule has 2 aromatic heterocycles. The fraction of sp³-hybridized carbons (Fsp3) is 0.429. The lowest BCUT2D eigenvalue weighted by atomic mass is 9.95. The predicted octanol–water partition coefficient (Wildman–Crippen LogP) is 4.20. The SMILES string of the molecule is Cc1cc(C)nc(OCCCn2c3c(c4cc(NO)ccc42)CCCC3)n1. The number of hydrogen-bond acceptors (Lipinski definition) is 5. The Morgan fingerprint density at radius 1 is 1.11 bits per heavy atom. The largest absolute Gasteiger partial charge is 0.463 e. The van der Waals surface area contributed by atoms with Crippen LogP contribution in [0.4, 0.5) is 5.69 Å². The Labute approximate surface area is 159 Å². The Bertz CT molecular complexity index is 944. The Morgan fingerprint density at radius 3 is 2.67 bits per heavy atom. The zero-order valence-electron chi connectivity index (χ0n) is 16.0. The second-order valence-corrected chi connectivity index (χ2v) is 7.26. The van der Waals surface area contributed by atoms with Gasteiger partial charge in [-0.05, 0) is 75.8 Å². The Kier molecular flexibility index (Phi) is 4.99. The van der Waals surface area contributed by atoms with Crippen molar-refractivity contribution in [1.29, 1.82) is 0 Å². The summed E-state index contributed by atoms with van der Waals surface area (Å²) in [6, 6.07) is 8.48. The molecule has 1 aromatic carbocycles. The molecule has 0 saturated heterocycles. The lowest BCUT2D eigenvalue weighted by molar-refractivity contribution is 0.278. The molecule has 0 bridgehead atoms. The highest BCUT2D eigenvalue weighted by Crippen LogP contribution is 2.34. The number of ether oxygens (including phenoxy) is 1. The van der Waals surface area contributed by atoms with Crippen molar-refractivity contribution in [3.05, 3.63) is 46.9 Å². The summed E-state index contributed by atoms with van der Waals surface area (Å²) >= 11 is 0. The summed E-state index contributed by atoms with van der Waals surface area (Å²) in [5, 5.41) is 10.5. The van der Waals surface area contributed by atoms with Crippen LogP contribution in [0.5, 0.6) is 6.01 Å². The van der Waals surface area contributed by atoms with Gasteiger partial charge < -0.3 is 9.30 Å². The number of hydrogen-bond donors (Lipinski definition) is 2. The maximum Gasteiger partial charge on any atom is 0.316 e. The van der Waals surface area contributed by atoms with Crippen molar-refractivity contribution in [1.82, 2.24) is 14.5 Å². The summed E-state index contributed by atoms with van der Waals surface area (Å²) in [6.45, 7) is 5.40. The second kappa shape index (κ2) is 7.56. The van der Waals surface area contributed by atoms with Gasteiger partial charge in [-0.1, -0.05) is 0 Å². The van der Waals surface area contributed by atoms with E-state index in [9.17, 15) is 5.21 Å². The van der Waals surface area contributed by atoms with Crippen molar-refractivity contribution in [2.24, 2.45) is 0 Å². The number of benzene rings is 1. The van der Waals surface area contributed by atoms with Gasteiger partial charge >= 0.3 is 6.01 Å². The van der Waals surface area contributed by atoms with Crippen molar-refractivity contribution >= 4 is 16.6 Å². The molecule has 27 heavy (non-hydrogen) atoms. The first-order valence-corrected chi connectivity index (χ1v) is 9.65. The normalized spacial score (nSPS) is 13.6. The molecule has 3 aromatic rings. The highest BCUT2D eigenvalue weighted by atomic mass is 16.5. The zero-order valence-corrected chi connectivity index (χ0v) is 16.0. The van der Waals surface area contributed by atoms with Gasteiger partial charge in [0.25, 0.3) is 0 Å². The van der Waals surface area contributed by atoms with E-state index in [0.29, 0.717) is 12.6 Å². The first kappa shape index (κ1) is 17.8. The van der Waals surface area contributed by atoms with Crippen LogP contribution in [-0.4, -0.2) is 26.3 Å². The van der Waals surface area contributed by atoms with Gasteiger partial charge in [0.15, 0.2) is 0 Å². The van der Waals surface area contributed by atoms with Crippen LogP contribution in [0, 0.1) is 13.8 Å². The quantitative estimate of drug-likeness (QED) is 0.505. The Hall–Kier alpha value is -2.60. The molecule has 1 aliphatic rings. The average molecular weight is 366 g/mol. The summed E-state index contributed by atoms with van der Waals surface area (Å²) in [7, 11) is 0. The minimum absolute atomic E-state index is 0.463. The maximum absolute atomic E-state index is 9.24. The van der Waals surface area contributed by atoms with E-state index in [1.54, 1.807) is 0 Å². The minimum Gasteiger partial charge on any atom is -0.463 e. The van der Waals surface area contributed by atoms with Crippen LogP contribution in [0.3, 0.4) is 0 Å². The molecule has 0 radical (unpaired) electrons. The summed E-state index contributed by atoms with van der Waals surface area (Å²) in [6.07, 6.45) is 5.59. The van der Waals surface area contributed by atoms with Crippen LogP contribution in [0.1, 0.15) is 41.9 Å². The third-order valence-corrected chi connectivity index (χ3v) is 5.23. The van der Waals surface area contributed by atoms with E-state index in [1.807, 2.05) is 26.0 Å². The summed E-state index contributed by atoms with van der Waals surface area (Å²) in [5.74, 6) is 0. The Morgan fingerprint density at radius 2 is 1.89 bits per heavy atom. The third-order valence-electron chi connectivity index (χ3n) is 5.23. The molecule has 4 rings (SSSR count). The van der Waals surface area contributed by atoms with Crippen LogP contribution in [0.15, 0.2) is 24.3 Å². The van der Waals surface area contributed by atoms with Gasteiger partial charge in [0.1, 0.15) is 0 Å². The zero-order chi connectivity index (χ0) is 18.8. The monoisotopic (exact) mass is 366 g/mol. The first-order valence-electron chi connectivity index (χ1n) is 9.65.